The van der Waals surface area contributed by atoms with E-state index in [-0.39, 0.29) is 23.2 Å². The molecule has 4 bridgehead atoms. The van der Waals surface area contributed by atoms with Gasteiger partial charge in [-0.3, -0.25) is 9.59 Å². The molecule has 0 aromatic rings. The Morgan fingerprint density at radius 1 is 1.06 bits per heavy atom. The van der Waals surface area contributed by atoms with Crippen LogP contribution in [0.2, 0.25) is 0 Å². The number of hydrogen-bond acceptors (Lipinski definition) is 5. The molecule has 5 rings (SSSR count). The SMILES string of the molecule is CCC(C)(CC(C)(C)C(=O)OC12CC3CC(CC(COCC4(C)COC4)(C3)C1)C2)C(=O)O. The van der Waals surface area contributed by atoms with E-state index >= 15 is 0 Å². The van der Waals surface area contributed by atoms with Crippen LogP contribution in [0.4, 0.5) is 0 Å². The van der Waals surface area contributed by atoms with Gasteiger partial charge in [-0.05, 0) is 89.4 Å². The average molecular weight is 451 g/mol. The minimum absolute atomic E-state index is 0.106. The summed E-state index contributed by atoms with van der Waals surface area (Å²) in [6.07, 6.45) is 7.13. The van der Waals surface area contributed by atoms with E-state index in [1.807, 2.05) is 20.8 Å². The van der Waals surface area contributed by atoms with E-state index in [1.54, 1.807) is 6.92 Å². The van der Waals surface area contributed by atoms with Gasteiger partial charge in [-0.15, -0.1) is 0 Å². The molecular weight excluding hydrogens is 408 g/mol. The Kier molecular flexibility index (Phi) is 5.98. The molecule has 5 fully saturated rings. The molecule has 0 amide bonds. The van der Waals surface area contributed by atoms with Crippen molar-refractivity contribution in [3.8, 4) is 0 Å². The quantitative estimate of drug-likeness (QED) is 0.480. The molecule has 0 aromatic heterocycles. The van der Waals surface area contributed by atoms with Crippen LogP contribution in [0.1, 0.15) is 86.0 Å². The van der Waals surface area contributed by atoms with Crippen LogP contribution < -0.4 is 0 Å². The summed E-state index contributed by atoms with van der Waals surface area (Å²) in [5.74, 6) is 0.101. The summed E-state index contributed by atoms with van der Waals surface area (Å²) in [7, 11) is 0. The highest BCUT2D eigenvalue weighted by atomic mass is 16.6. The Morgan fingerprint density at radius 2 is 1.69 bits per heavy atom. The average Bonchev–Trinajstić information content (AvgIpc) is 2.64. The third-order valence-electron chi connectivity index (χ3n) is 8.88. The zero-order valence-corrected chi connectivity index (χ0v) is 20.6. The Morgan fingerprint density at radius 3 is 2.19 bits per heavy atom. The van der Waals surface area contributed by atoms with Crippen molar-refractivity contribution < 1.29 is 28.9 Å². The fourth-order valence-electron chi connectivity index (χ4n) is 7.44. The Bertz CT molecular complexity index is 739. The van der Waals surface area contributed by atoms with Crippen molar-refractivity contribution in [3.63, 3.8) is 0 Å². The first kappa shape index (κ1) is 24.0. The van der Waals surface area contributed by atoms with Gasteiger partial charge in [-0.25, -0.2) is 0 Å². The first-order valence-corrected chi connectivity index (χ1v) is 12.4. The molecule has 1 heterocycles. The van der Waals surface area contributed by atoms with E-state index in [0.29, 0.717) is 18.3 Å². The number of carboxylic acid groups (broad SMARTS) is 1. The molecule has 6 nitrogen and oxygen atoms in total. The van der Waals surface area contributed by atoms with Gasteiger partial charge in [0.1, 0.15) is 5.60 Å². The molecular formula is C26H42O6. The predicted octanol–water partition coefficient (Wildman–Crippen LogP) is 4.84. The van der Waals surface area contributed by atoms with Crippen LogP contribution in [0.15, 0.2) is 0 Å². The normalized spacial score (nSPS) is 36.9. The summed E-state index contributed by atoms with van der Waals surface area (Å²) in [5, 5.41) is 9.70. The minimum atomic E-state index is -0.930. The maximum Gasteiger partial charge on any atom is 0.312 e. The molecule has 0 radical (unpaired) electrons. The number of carbonyl (C=O) groups is 2. The molecule has 3 unspecified atom stereocenters. The van der Waals surface area contributed by atoms with Gasteiger partial charge < -0.3 is 19.3 Å². The Labute approximate surface area is 192 Å². The fourth-order valence-corrected chi connectivity index (χ4v) is 7.44. The molecule has 1 saturated heterocycles. The summed E-state index contributed by atoms with van der Waals surface area (Å²) in [5.41, 5.74) is -1.92. The monoisotopic (exact) mass is 450 g/mol. The number of carbonyl (C=O) groups excluding carboxylic acids is 1. The molecule has 1 N–H and O–H groups in total. The predicted molar refractivity (Wildman–Crippen MR) is 120 cm³/mol. The van der Waals surface area contributed by atoms with Crippen molar-refractivity contribution in [2.45, 2.75) is 91.6 Å². The molecule has 4 saturated carbocycles. The highest BCUT2D eigenvalue weighted by Crippen LogP contribution is 2.63. The first-order valence-electron chi connectivity index (χ1n) is 12.4. The van der Waals surface area contributed by atoms with Gasteiger partial charge in [0.05, 0.1) is 37.3 Å². The van der Waals surface area contributed by atoms with Crippen molar-refractivity contribution >= 4 is 11.9 Å². The topological polar surface area (TPSA) is 82.1 Å². The number of aliphatic carboxylic acids is 1. The molecule has 0 aromatic carbocycles. The number of ether oxygens (including phenoxy) is 3. The second kappa shape index (κ2) is 7.97. The maximum absolute atomic E-state index is 13.4. The van der Waals surface area contributed by atoms with Crippen LogP contribution in [0.3, 0.4) is 0 Å². The number of carboxylic acids is 1. The molecule has 3 atom stereocenters. The van der Waals surface area contributed by atoms with Crippen molar-refractivity contribution in [1.29, 1.82) is 0 Å². The highest BCUT2D eigenvalue weighted by molar-refractivity contribution is 5.79. The van der Waals surface area contributed by atoms with E-state index in [2.05, 4.69) is 6.92 Å². The second-order valence-electron chi connectivity index (χ2n) is 13.1. The number of rotatable bonds is 10. The highest BCUT2D eigenvalue weighted by Gasteiger charge is 2.60. The third kappa shape index (κ3) is 4.46. The lowest BCUT2D eigenvalue weighted by Crippen LogP contribution is -2.59. The van der Waals surface area contributed by atoms with E-state index in [1.165, 1.54) is 19.3 Å². The largest absolute Gasteiger partial charge is 0.481 e. The number of hydrogen-bond donors (Lipinski definition) is 1. The lowest BCUT2D eigenvalue weighted by Gasteiger charge is -2.61. The van der Waals surface area contributed by atoms with Crippen molar-refractivity contribution in [1.82, 2.24) is 0 Å². The first-order chi connectivity index (χ1) is 14.8. The standard InChI is InChI=1S/C26H42O6/c1-6-24(5,20(27)28)12-22(2,3)21(29)32-26-10-18-7-19(11-26)9-25(8-18,13-26)17-31-16-23(4)14-30-15-23/h18-19H,6-17H2,1-5H3,(H,27,28). The van der Waals surface area contributed by atoms with Crippen LogP contribution in [-0.4, -0.2) is 49.1 Å². The molecule has 0 spiro atoms. The molecule has 4 aliphatic carbocycles. The lowest BCUT2D eigenvalue weighted by atomic mass is 9.48. The second-order valence-corrected chi connectivity index (χ2v) is 13.1. The Balaban J connectivity index is 1.43. The van der Waals surface area contributed by atoms with Gasteiger partial charge in [0.2, 0.25) is 0 Å². The lowest BCUT2D eigenvalue weighted by molar-refractivity contribution is -0.221. The maximum atomic E-state index is 13.4. The summed E-state index contributed by atoms with van der Waals surface area (Å²) in [6, 6.07) is 0. The molecule has 6 heteroatoms. The number of esters is 1. The van der Waals surface area contributed by atoms with Crippen LogP contribution >= 0.6 is 0 Å². The Hall–Kier alpha value is -1.14. The summed E-state index contributed by atoms with van der Waals surface area (Å²) >= 11 is 0. The van der Waals surface area contributed by atoms with E-state index in [4.69, 9.17) is 14.2 Å². The van der Waals surface area contributed by atoms with Crippen LogP contribution in [0.5, 0.6) is 0 Å². The van der Waals surface area contributed by atoms with Gasteiger partial charge in [-0.2, -0.15) is 0 Å². The van der Waals surface area contributed by atoms with Crippen LogP contribution in [-0.2, 0) is 23.8 Å². The molecule has 32 heavy (non-hydrogen) atoms. The molecule has 5 aliphatic rings. The summed E-state index contributed by atoms with van der Waals surface area (Å²) in [4.78, 5) is 25.2. The molecule has 1 aliphatic heterocycles. The van der Waals surface area contributed by atoms with Gasteiger partial charge in [0, 0.05) is 5.41 Å². The zero-order valence-electron chi connectivity index (χ0n) is 20.6. The minimum Gasteiger partial charge on any atom is -0.481 e. The van der Waals surface area contributed by atoms with Gasteiger partial charge in [0.15, 0.2) is 0 Å². The summed E-state index contributed by atoms with van der Waals surface area (Å²) in [6.45, 7) is 12.5. The fraction of sp³-hybridized carbons (Fsp3) is 0.923. The van der Waals surface area contributed by atoms with Crippen LogP contribution in [0, 0.1) is 33.5 Å². The van der Waals surface area contributed by atoms with Gasteiger partial charge in [0.25, 0.3) is 0 Å². The van der Waals surface area contributed by atoms with Gasteiger partial charge in [-0.1, -0.05) is 13.8 Å². The molecule has 182 valence electrons. The van der Waals surface area contributed by atoms with Gasteiger partial charge >= 0.3 is 11.9 Å². The van der Waals surface area contributed by atoms with E-state index < -0.39 is 22.4 Å². The zero-order chi connectivity index (χ0) is 23.4. The van der Waals surface area contributed by atoms with Crippen molar-refractivity contribution in [3.05, 3.63) is 0 Å². The van der Waals surface area contributed by atoms with Crippen LogP contribution in [0.25, 0.3) is 0 Å². The van der Waals surface area contributed by atoms with E-state index in [0.717, 1.165) is 45.7 Å². The van der Waals surface area contributed by atoms with Crippen molar-refractivity contribution in [2.75, 3.05) is 26.4 Å². The van der Waals surface area contributed by atoms with E-state index in [9.17, 15) is 14.7 Å². The summed E-state index contributed by atoms with van der Waals surface area (Å²) < 4.78 is 18.0. The smallest absolute Gasteiger partial charge is 0.312 e. The van der Waals surface area contributed by atoms with Crippen molar-refractivity contribution in [2.24, 2.45) is 33.5 Å². The third-order valence-corrected chi connectivity index (χ3v) is 8.88.